The van der Waals surface area contributed by atoms with Crippen molar-refractivity contribution in [1.29, 1.82) is 0 Å². The number of rotatable bonds is 9. The smallest absolute Gasteiger partial charge is 0.212 e. The normalized spacial score (nSPS) is 19.9. The number of carbonyl (C=O) groups excluding carboxylic acids is 1. The van der Waals surface area contributed by atoms with E-state index < -0.39 is 0 Å². The first-order chi connectivity index (χ1) is 13.2. The van der Waals surface area contributed by atoms with Crippen LogP contribution in [0.1, 0.15) is 28.8 Å². The first kappa shape index (κ1) is 19.5. The summed E-state index contributed by atoms with van der Waals surface area (Å²) in [4.78, 5) is 18.8. The van der Waals surface area contributed by atoms with E-state index in [4.69, 9.17) is 4.74 Å². The predicted octanol–water partition coefficient (Wildman–Crippen LogP) is 2.84. The molecule has 1 fully saturated rings. The van der Waals surface area contributed by atoms with Gasteiger partial charge in [-0.05, 0) is 42.7 Å². The van der Waals surface area contributed by atoms with Gasteiger partial charge in [0.1, 0.15) is 0 Å². The SMILES string of the molecule is COc1ccc(C(=O)CN2C[C@@H](CCCc3ccccc3)[C@@H](CO)C2)cn1. The van der Waals surface area contributed by atoms with E-state index in [1.165, 1.54) is 5.56 Å². The highest BCUT2D eigenvalue weighted by Gasteiger charge is 2.32. The molecule has 27 heavy (non-hydrogen) atoms. The van der Waals surface area contributed by atoms with Crippen LogP contribution in [0.15, 0.2) is 48.7 Å². The first-order valence-electron chi connectivity index (χ1n) is 9.60. The van der Waals surface area contributed by atoms with Gasteiger partial charge in [-0.25, -0.2) is 4.98 Å². The van der Waals surface area contributed by atoms with Crippen molar-refractivity contribution in [3.05, 3.63) is 59.8 Å². The van der Waals surface area contributed by atoms with Gasteiger partial charge in [-0.2, -0.15) is 0 Å². The van der Waals surface area contributed by atoms with Crippen molar-refractivity contribution in [2.75, 3.05) is 33.4 Å². The zero-order chi connectivity index (χ0) is 19.1. The standard InChI is InChI=1S/C22H28N2O3/c1-27-22-11-10-18(12-23-22)21(26)15-24-13-19(20(14-24)16-25)9-5-8-17-6-3-2-4-7-17/h2-4,6-7,10-12,19-20,25H,5,8-9,13-16H2,1H3/t19-,20-/m1/s1. The van der Waals surface area contributed by atoms with Gasteiger partial charge in [-0.1, -0.05) is 30.3 Å². The van der Waals surface area contributed by atoms with Crippen LogP contribution in [0.3, 0.4) is 0 Å². The first-order valence-corrected chi connectivity index (χ1v) is 9.60. The Balaban J connectivity index is 1.49. The number of nitrogens with zero attached hydrogens (tertiary/aromatic N) is 2. The maximum absolute atomic E-state index is 12.5. The van der Waals surface area contributed by atoms with Crippen LogP contribution in [0.5, 0.6) is 5.88 Å². The van der Waals surface area contributed by atoms with Crippen LogP contribution in [-0.2, 0) is 6.42 Å². The lowest BCUT2D eigenvalue weighted by Crippen LogP contribution is -2.28. The van der Waals surface area contributed by atoms with Crippen molar-refractivity contribution in [3.8, 4) is 5.88 Å². The highest BCUT2D eigenvalue weighted by Crippen LogP contribution is 2.28. The van der Waals surface area contributed by atoms with E-state index in [0.29, 0.717) is 23.9 Å². The Morgan fingerprint density at radius 3 is 2.63 bits per heavy atom. The molecule has 2 aromatic rings. The summed E-state index contributed by atoms with van der Waals surface area (Å²) in [5.74, 6) is 1.27. The molecular formula is C22H28N2O3. The molecule has 2 atom stereocenters. The van der Waals surface area contributed by atoms with Gasteiger partial charge in [0.05, 0.1) is 13.7 Å². The van der Waals surface area contributed by atoms with Crippen molar-refractivity contribution >= 4 is 5.78 Å². The number of methoxy groups -OCH3 is 1. The summed E-state index contributed by atoms with van der Waals surface area (Å²) >= 11 is 0. The Morgan fingerprint density at radius 1 is 1.19 bits per heavy atom. The van der Waals surface area contributed by atoms with Gasteiger partial charge in [0.15, 0.2) is 5.78 Å². The van der Waals surface area contributed by atoms with Gasteiger partial charge in [0.2, 0.25) is 5.88 Å². The Hall–Kier alpha value is -2.24. The van der Waals surface area contributed by atoms with Gasteiger partial charge in [-0.3, -0.25) is 9.69 Å². The van der Waals surface area contributed by atoms with E-state index in [1.54, 1.807) is 25.4 Å². The molecule has 1 saturated heterocycles. The fourth-order valence-electron chi connectivity index (χ4n) is 3.87. The molecule has 0 radical (unpaired) electrons. The van der Waals surface area contributed by atoms with Crippen LogP contribution in [0, 0.1) is 11.8 Å². The summed E-state index contributed by atoms with van der Waals surface area (Å²) < 4.78 is 5.03. The molecular weight excluding hydrogens is 340 g/mol. The number of aliphatic hydroxyl groups excluding tert-OH is 1. The average Bonchev–Trinajstić information content (AvgIpc) is 3.10. The Kier molecular flexibility index (Phi) is 6.96. The quantitative estimate of drug-likeness (QED) is 0.690. The molecule has 5 nitrogen and oxygen atoms in total. The monoisotopic (exact) mass is 368 g/mol. The van der Waals surface area contributed by atoms with Gasteiger partial charge in [-0.15, -0.1) is 0 Å². The molecule has 0 spiro atoms. The second kappa shape index (κ2) is 9.62. The number of hydrogen-bond acceptors (Lipinski definition) is 5. The van der Waals surface area contributed by atoms with Crippen LogP contribution in [0.4, 0.5) is 0 Å². The number of aromatic nitrogens is 1. The molecule has 1 aromatic carbocycles. The zero-order valence-electron chi connectivity index (χ0n) is 15.9. The van der Waals surface area contributed by atoms with Gasteiger partial charge >= 0.3 is 0 Å². The summed E-state index contributed by atoms with van der Waals surface area (Å²) in [7, 11) is 1.56. The minimum atomic E-state index is 0.0618. The maximum atomic E-state index is 12.5. The molecule has 0 saturated carbocycles. The molecule has 0 amide bonds. The lowest BCUT2D eigenvalue weighted by molar-refractivity contribution is 0.0939. The lowest BCUT2D eigenvalue weighted by atomic mass is 9.91. The number of ketones is 1. The Labute approximate surface area is 161 Å². The number of aryl methyl sites for hydroxylation is 1. The molecule has 3 rings (SSSR count). The number of ether oxygens (including phenoxy) is 1. The van der Waals surface area contributed by atoms with Crippen molar-refractivity contribution in [2.45, 2.75) is 19.3 Å². The molecule has 0 unspecified atom stereocenters. The number of carbonyl (C=O) groups is 1. The molecule has 1 aliphatic heterocycles. The third-order valence-electron chi connectivity index (χ3n) is 5.40. The van der Waals surface area contributed by atoms with E-state index >= 15 is 0 Å². The summed E-state index contributed by atoms with van der Waals surface area (Å²) in [6, 6.07) is 14.0. The van der Waals surface area contributed by atoms with Crippen LogP contribution >= 0.6 is 0 Å². The number of benzene rings is 1. The van der Waals surface area contributed by atoms with Gasteiger partial charge in [0.25, 0.3) is 0 Å². The highest BCUT2D eigenvalue weighted by atomic mass is 16.5. The van der Waals surface area contributed by atoms with Crippen molar-refractivity contribution in [2.24, 2.45) is 11.8 Å². The number of likely N-dealkylation sites (tertiary alicyclic amines) is 1. The summed E-state index contributed by atoms with van der Waals surface area (Å²) in [5, 5.41) is 9.74. The molecule has 1 aliphatic rings. The topological polar surface area (TPSA) is 62.7 Å². The van der Waals surface area contributed by atoms with Gasteiger partial charge in [0, 0.05) is 37.5 Å². The third kappa shape index (κ3) is 5.37. The van der Waals surface area contributed by atoms with E-state index in [9.17, 15) is 9.90 Å². The summed E-state index contributed by atoms with van der Waals surface area (Å²) in [6.45, 7) is 2.21. The molecule has 144 valence electrons. The second-order valence-corrected chi connectivity index (χ2v) is 7.29. The molecule has 1 aromatic heterocycles. The summed E-state index contributed by atoms with van der Waals surface area (Å²) in [6.07, 6.45) is 4.81. The number of hydrogen-bond donors (Lipinski definition) is 1. The van der Waals surface area contributed by atoms with E-state index in [-0.39, 0.29) is 18.3 Å². The van der Waals surface area contributed by atoms with Crippen LogP contribution in [0.2, 0.25) is 0 Å². The molecule has 5 heteroatoms. The average molecular weight is 368 g/mol. The molecule has 2 heterocycles. The molecule has 0 bridgehead atoms. The second-order valence-electron chi connectivity index (χ2n) is 7.29. The van der Waals surface area contributed by atoms with E-state index in [0.717, 1.165) is 32.4 Å². The van der Waals surface area contributed by atoms with Crippen molar-refractivity contribution in [3.63, 3.8) is 0 Å². The lowest BCUT2D eigenvalue weighted by Gasteiger charge is -2.16. The fraction of sp³-hybridized carbons (Fsp3) is 0.455. The maximum Gasteiger partial charge on any atom is 0.212 e. The minimum Gasteiger partial charge on any atom is -0.481 e. The predicted molar refractivity (Wildman–Crippen MR) is 105 cm³/mol. The Bertz CT molecular complexity index is 718. The number of pyridine rings is 1. The zero-order valence-corrected chi connectivity index (χ0v) is 15.9. The van der Waals surface area contributed by atoms with Gasteiger partial charge < -0.3 is 9.84 Å². The summed E-state index contributed by atoms with van der Waals surface area (Å²) in [5.41, 5.74) is 1.96. The minimum absolute atomic E-state index is 0.0618. The van der Waals surface area contributed by atoms with Crippen LogP contribution in [0.25, 0.3) is 0 Å². The van der Waals surface area contributed by atoms with Crippen molar-refractivity contribution < 1.29 is 14.6 Å². The molecule has 0 aliphatic carbocycles. The number of Topliss-reactive ketones (excluding diaryl/α,β-unsaturated/α-hetero) is 1. The van der Waals surface area contributed by atoms with Crippen molar-refractivity contribution in [1.82, 2.24) is 9.88 Å². The van der Waals surface area contributed by atoms with E-state index in [2.05, 4.69) is 34.1 Å². The third-order valence-corrected chi connectivity index (χ3v) is 5.40. The highest BCUT2D eigenvalue weighted by molar-refractivity contribution is 5.97. The van der Waals surface area contributed by atoms with E-state index in [1.807, 2.05) is 6.07 Å². The number of aliphatic hydroxyl groups is 1. The van der Waals surface area contributed by atoms with Crippen LogP contribution < -0.4 is 4.74 Å². The molecule has 1 N–H and O–H groups in total. The van der Waals surface area contributed by atoms with Crippen LogP contribution in [-0.4, -0.2) is 54.1 Å². The fourth-order valence-corrected chi connectivity index (χ4v) is 3.87. The largest absolute Gasteiger partial charge is 0.481 e. The Morgan fingerprint density at radius 2 is 1.96 bits per heavy atom.